The minimum absolute atomic E-state index is 0.0688. The van der Waals surface area contributed by atoms with E-state index in [1.807, 2.05) is 4.90 Å². The van der Waals surface area contributed by atoms with Crippen molar-refractivity contribution in [2.24, 2.45) is 11.8 Å². The molecule has 1 amide bonds. The second-order valence-electron chi connectivity index (χ2n) is 7.56. The Hall–Kier alpha value is -1.47. The van der Waals surface area contributed by atoms with E-state index in [1.165, 1.54) is 28.6 Å². The highest BCUT2D eigenvalue weighted by Crippen LogP contribution is 2.25. The van der Waals surface area contributed by atoms with Gasteiger partial charge in [-0.1, -0.05) is 19.1 Å². The number of halogens is 1. The van der Waals surface area contributed by atoms with Gasteiger partial charge in [0.1, 0.15) is 5.82 Å². The highest BCUT2D eigenvalue weighted by molar-refractivity contribution is 7.88. The summed E-state index contributed by atoms with van der Waals surface area (Å²) in [5.74, 6) is 0.291. The van der Waals surface area contributed by atoms with Crippen LogP contribution >= 0.6 is 0 Å². The second-order valence-corrected chi connectivity index (χ2v) is 9.53. The zero-order valence-corrected chi connectivity index (χ0v) is 16.0. The summed E-state index contributed by atoms with van der Waals surface area (Å²) in [5.41, 5.74) is 0.576. The van der Waals surface area contributed by atoms with Gasteiger partial charge in [-0.25, -0.2) is 17.1 Å². The van der Waals surface area contributed by atoms with Crippen molar-refractivity contribution in [1.82, 2.24) is 9.21 Å². The maximum atomic E-state index is 13.0. The van der Waals surface area contributed by atoms with Gasteiger partial charge < -0.3 is 4.90 Å². The van der Waals surface area contributed by atoms with E-state index in [-0.39, 0.29) is 23.4 Å². The number of piperidine rings is 2. The molecule has 0 aliphatic carbocycles. The van der Waals surface area contributed by atoms with Crippen LogP contribution in [0.15, 0.2) is 24.3 Å². The van der Waals surface area contributed by atoms with Crippen LogP contribution in [0.2, 0.25) is 0 Å². The number of likely N-dealkylation sites (tertiary alicyclic amines) is 1. The summed E-state index contributed by atoms with van der Waals surface area (Å²) in [5, 5.41) is 0. The van der Waals surface area contributed by atoms with Gasteiger partial charge in [0.15, 0.2) is 0 Å². The lowest BCUT2D eigenvalue weighted by molar-refractivity contribution is -0.138. The summed E-state index contributed by atoms with van der Waals surface area (Å²) < 4.78 is 39.6. The first-order valence-electron chi connectivity index (χ1n) is 9.36. The number of sulfonamides is 1. The lowest BCUT2D eigenvalue weighted by Gasteiger charge is -2.36. The van der Waals surface area contributed by atoms with Crippen molar-refractivity contribution < 1.29 is 17.6 Å². The van der Waals surface area contributed by atoms with Gasteiger partial charge in [-0.15, -0.1) is 0 Å². The summed E-state index contributed by atoms with van der Waals surface area (Å²) in [6.07, 6.45) is 3.26. The van der Waals surface area contributed by atoms with Crippen LogP contribution in [0.4, 0.5) is 4.39 Å². The van der Waals surface area contributed by atoms with E-state index in [1.54, 1.807) is 0 Å². The van der Waals surface area contributed by atoms with Crippen molar-refractivity contribution in [2.45, 2.75) is 38.4 Å². The van der Waals surface area contributed by atoms with E-state index in [0.29, 0.717) is 37.4 Å². The van der Waals surface area contributed by atoms with E-state index >= 15 is 0 Å². The zero-order valence-electron chi connectivity index (χ0n) is 15.2. The molecule has 26 heavy (non-hydrogen) atoms. The molecular weight excluding hydrogens is 355 g/mol. The third-order valence-electron chi connectivity index (χ3n) is 5.55. The summed E-state index contributed by atoms with van der Waals surface area (Å²) in [7, 11) is -3.44. The molecule has 0 atom stereocenters. The van der Waals surface area contributed by atoms with E-state index in [9.17, 15) is 17.6 Å². The van der Waals surface area contributed by atoms with E-state index < -0.39 is 10.0 Å². The van der Waals surface area contributed by atoms with Gasteiger partial charge in [-0.3, -0.25) is 4.79 Å². The third-order valence-corrected chi connectivity index (χ3v) is 7.40. The van der Waals surface area contributed by atoms with Crippen molar-refractivity contribution >= 4 is 15.9 Å². The largest absolute Gasteiger partial charge is 0.342 e. The fourth-order valence-electron chi connectivity index (χ4n) is 3.75. The molecule has 0 bridgehead atoms. The number of hydrogen-bond donors (Lipinski definition) is 0. The highest BCUT2D eigenvalue weighted by Gasteiger charge is 2.33. The standard InChI is InChI=1S/C19H27FN2O3S/c1-15-6-10-21(11-7-15)19(23)17-8-12-22(13-9-17)26(24,25)14-16-2-4-18(20)5-3-16/h2-5,15,17H,6-14H2,1H3. The predicted molar refractivity (Wildman–Crippen MR) is 98.3 cm³/mol. The van der Waals surface area contributed by atoms with Gasteiger partial charge in [0.05, 0.1) is 5.75 Å². The second kappa shape index (κ2) is 8.05. The Morgan fingerprint density at radius 3 is 2.19 bits per heavy atom. The monoisotopic (exact) mass is 382 g/mol. The molecule has 2 aliphatic heterocycles. The van der Waals surface area contributed by atoms with Crippen LogP contribution in [0.3, 0.4) is 0 Å². The Kier molecular flexibility index (Phi) is 5.97. The first-order chi connectivity index (χ1) is 12.3. The predicted octanol–water partition coefficient (Wildman–Crippen LogP) is 2.63. The Morgan fingerprint density at radius 1 is 1.04 bits per heavy atom. The average Bonchev–Trinajstić information content (AvgIpc) is 2.64. The number of amides is 1. The summed E-state index contributed by atoms with van der Waals surface area (Å²) in [4.78, 5) is 14.6. The Bertz CT molecular complexity index is 720. The van der Waals surface area contributed by atoms with Gasteiger partial charge in [0.2, 0.25) is 15.9 Å². The molecule has 1 aromatic carbocycles. The maximum Gasteiger partial charge on any atom is 0.225 e. The van der Waals surface area contributed by atoms with Crippen molar-refractivity contribution in [2.75, 3.05) is 26.2 Å². The smallest absolute Gasteiger partial charge is 0.225 e. The highest BCUT2D eigenvalue weighted by atomic mass is 32.2. The molecule has 0 radical (unpaired) electrons. The van der Waals surface area contributed by atoms with Gasteiger partial charge in [-0.2, -0.15) is 0 Å². The summed E-state index contributed by atoms with van der Waals surface area (Å²) in [6.45, 7) is 4.62. The van der Waals surface area contributed by atoms with Crippen LogP contribution in [0.5, 0.6) is 0 Å². The number of hydrogen-bond acceptors (Lipinski definition) is 3. The number of benzene rings is 1. The topological polar surface area (TPSA) is 57.7 Å². The van der Waals surface area contributed by atoms with Crippen LogP contribution in [-0.2, 0) is 20.6 Å². The van der Waals surface area contributed by atoms with Crippen LogP contribution in [0.25, 0.3) is 0 Å². The molecule has 0 unspecified atom stereocenters. The van der Waals surface area contributed by atoms with Gasteiger partial charge in [0.25, 0.3) is 0 Å². The van der Waals surface area contributed by atoms with Crippen molar-refractivity contribution in [3.8, 4) is 0 Å². The normalized spacial score (nSPS) is 21.1. The van der Waals surface area contributed by atoms with E-state index in [4.69, 9.17) is 0 Å². The van der Waals surface area contributed by atoms with Crippen molar-refractivity contribution in [3.05, 3.63) is 35.6 Å². The lowest BCUT2D eigenvalue weighted by atomic mass is 9.93. The quantitative estimate of drug-likeness (QED) is 0.804. The van der Waals surface area contributed by atoms with Gasteiger partial charge >= 0.3 is 0 Å². The van der Waals surface area contributed by atoms with Crippen LogP contribution < -0.4 is 0 Å². The van der Waals surface area contributed by atoms with Crippen molar-refractivity contribution in [1.29, 1.82) is 0 Å². The number of rotatable bonds is 4. The molecule has 0 N–H and O–H groups in total. The zero-order chi connectivity index (χ0) is 18.7. The number of carbonyl (C=O) groups is 1. The van der Waals surface area contributed by atoms with Crippen LogP contribution in [0.1, 0.15) is 38.2 Å². The molecule has 1 aromatic rings. The molecule has 2 fully saturated rings. The first kappa shape index (κ1) is 19.3. The summed E-state index contributed by atoms with van der Waals surface area (Å²) in [6, 6.07) is 5.55. The molecule has 2 heterocycles. The molecule has 3 rings (SSSR count). The Labute approximate surface area is 155 Å². The fourth-order valence-corrected chi connectivity index (χ4v) is 5.31. The van der Waals surface area contributed by atoms with Crippen LogP contribution in [-0.4, -0.2) is 49.7 Å². The lowest BCUT2D eigenvalue weighted by Crippen LogP contribution is -2.46. The molecule has 0 saturated carbocycles. The molecular formula is C19H27FN2O3S. The molecule has 0 aromatic heterocycles. The minimum Gasteiger partial charge on any atom is -0.342 e. The molecule has 2 aliphatic rings. The van der Waals surface area contributed by atoms with Crippen molar-refractivity contribution in [3.63, 3.8) is 0 Å². The Morgan fingerprint density at radius 2 is 1.62 bits per heavy atom. The number of carbonyl (C=O) groups excluding carboxylic acids is 1. The van der Waals surface area contributed by atoms with E-state index in [0.717, 1.165) is 25.9 Å². The third kappa shape index (κ3) is 4.62. The molecule has 144 valence electrons. The van der Waals surface area contributed by atoms with Gasteiger partial charge in [0, 0.05) is 32.1 Å². The van der Waals surface area contributed by atoms with Crippen LogP contribution in [0, 0.1) is 17.7 Å². The average molecular weight is 383 g/mol. The Balaban J connectivity index is 1.54. The van der Waals surface area contributed by atoms with Gasteiger partial charge in [-0.05, 0) is 49.3 Å². The molecule has 7 heteroatoms. The molecule has 5 nitrogen and oxygen atoms in total. The first-order valence-corrected chi connectivity index (χ1v) is 11.0. The van der Waals surface area contributed by atoms with E-state index in [2.05, 4.69) is 6.92 Å². The maximum absolute atomic E-state index is 13.0. The minimum atomic E-state index is -3.44. The SMILES string of the molecule is CC1CCN(C(=O)C2CCN(S(=O)(=O)Cc3ccc(F)cc3)CC2)CC1. The molecule has 2 saturated heterocycles. The molecule has 0 spiro atoms. The summed E-state index contributed by atoms with van der Waals surface area (Å²) >= 11 is 0. The fraction of sp³-hybridized carbons (Fsp3) is 0.632. The number of nitrogens with zero attached hydrogens (tertiary/aromatic N) is 2.